The van der Waals surface area contributed by atoms with Crippen LogP contribution in [0.1, 0.15) is 23.0 Å². The van der Waals surface area contributed by atoms with Gasteiger partial charge in [0.15, 0.2) is 11.3 Å². The summed E-state index contributed by atoms with van der Waals surface area (Å²) in [7, 11) is 0. The molecule has 1 aromatic carbocycles. The normalized spacial score (nSPS) is 10.8. The first kappa shape index (κ1) is 17.0. The SMILES string of the molecule is CCn1c(=O)c(C(=O)NCc2ccc(F)c(Cl)c2)nc2cccnc21. The van der Waals surface area contributed by atoms with Crippen LogP contribution in [0.2, 0.25) is 5.02 Å². The van der Waals surface area contributed by atoms with E-state index in [1.807, 2.05) is 0 Å². The minimum Gasteiger partial charge on any atom is -0.346 e. The number of nitrogens with zero attached hydrogens (tertiary/aromatic N) is 3. The van der Waals surface area contributed by atoms with Gasteiger partial charge in [-0.3, -0.25) is 14.2 Å². The van der Waals surface area contributed by atoms with Gasteiger partial charge < -0.3 is 5.32 Å². The van der Waals surface area contributed by atoms with Crippen molar-refractivity contribution in [1.82, 2.24) is 19.9 Å². The number of hydrogen-bond donors (Lipinski definition) is 1. The van der Waals surface area contributed by atoms with E-state index < -0.39 is 17.3 Å². The van der Waals surface area contributed by atoms with Crippen LogP contribution in [-0.4, -0.2) is 20.4 Å². The smallest absolute Gasteiger partial charge is 0.283 e. The van der Waals surface area contributed by atoms with Crippen molar-refractivity contribution in [2.75, 3.05) is 0 Å². The molecule has 1 N–H and O–H groups in total. The Balaban J connectivity index is 1.90. The molecule has 8 heteroatoms. The first-order chi connectivity index (χ1) is 12.0. The number of aromatic nitrogens is 3. The summed E-state index contributed by atoms with van der Waals surface area (Å²) in [6, 6.07) is 7.50. The van der Waals surface area contributed by atoms with E-state index in [1.165, 1.54) is 22.8 Å². The molecule has 0 saturated heterocycles. The second kappa shape index (κ2) is 6.98. The standard InChI is InChI=1S/C17H14ClFN4O2/c1-2-23-15-13(4-3-7-20-15)22-14(17(23)25)16(24)21-9-10-5-6-12(19)11(18)8-10/h3-8H,2,9H2,1H3,(H,21,24). The van der Waals surface area contributed by atoms with Crippen molar-refractivity contribution < 1.29 is 9.18 Å². The third-order valence-electron chi connectivity index (χ3n) is 3.67. The average molecular weight is 361 g/mol. The lowest BCUT2D eigenvalue weighted by atomic mass is 10.2. The molecule has 3 rings (SSSR count). The second-order valence-electron chi connectivity index (χ2n) is 5.29. The number of carbonyl (C=O) groups is 1. The van der Waals surface area contributed by atoms with Gasteiger partial charge in [-0.1, -0.05) is 17.7 Å². The molecule has 25 heavy (non-hydrogen) atoms. The highest BCUT2D eigenvalue weighted by Crippen LogP contribution is 2.16. The molecule has 0 fully saturated rings. The lowest BCUT2D eigenvalue weighted by molar-refractivity contribution is 0.0944. The van der Waals surface area contributed by atoms with E-state index in [9.17, 15) is 14.0 Å². The molecule has 128 valence electrons. The number of halogens is 2. The van der Waals surface area contributed by atoms with Crippen molar-refractivity contribution in [2.24, 2.45) is 0 Å². The van der Waals surface area contributed by atoms with Crippen molar-refractivity contribution in [3.63, 3.8) is 0 Å². The Labute approximate surface area is 147 Å². The molecule has 0 spiro atoms. The van der Waals surface area contributed by atoms with Gasteiger partial charge in [0.1, 0.15) is 11.3 Å². The van der Waals surface area contributed by atoms with Crippen LogP contribution in [0.25, 0.3) is 11.2 Å². The number of carbonyl (C=O) groups excluding carboxylic acids is 1. The summed E-state index contributed by atoms with van der Waals surface area (Å²) < 4.78 is 14.6. The Kier molecular flexibility index (Phi) is 4.76. The van der Waals surface area contributed by atoms with E-state index in [-0.39, 0.29) is 17.3 Å². The fraction of sp³-hybridized carbons (Fsp3) is 0.176. The Morgan fingerprint density at radius 2 is 2.16 bits per heavy atom. The maximum absolute atomic E-state index is 13.2. The van der Waals surface area contributed by atoms with Crippen LogP contribution in [0, 0.1) is 5.82 Å². The van der Waals surface area contributed by atoms with Gasteiger partial charge in [0.05, 0.1) is 5.02 Å². The van der Waals surface area contributed by atoms with Crippen LogP contribution >= 0.6 is 11.6 Å². The van der Waals surface area contributed by atoms with Crippen LogP contribution in [0.5, 0.6) is 0 Å². The second-order valence-corrected chi connectivity index (χ2v) is 5.69. The van der Waals surface area contributed by atoms with E-state index in [1.54, 1.807) is 25.3 Å². The molecule has 1 amide bonds. The van der Waals surface area contributed by atoms with Crippen molar-refractivity contribution >= 4 is 28.7 Å². The van der Waals surface area contributed by atoms with Gasteiger partial charge in [-0.25, -0.2) is 14.4 Å². The van der Waals surface area contributed by atoms with E-state index in [0.717, 1.165) is 0 Å². The van der Waals surface area contributed by atoms with Crippen molar-refractivity contribution in [3.05, 3.63) is 69.0 Å². The third-order valence-corrected chi connectivity index (χ3v) is 3.96. The van der Waals surface area contributed by atoms with Gasteiger partial charge in [-0.15, -0.1) is 0 Å². The average Bonchev–Trinajstić information content (AvgIpc) is 2.62. The van der Waals surface area contributed by atoms with Gasteiger partial charge >= 0.3 is 0 Å². The lowest BCUT2D eigenvalue weighted by Gasteiger charge is -2.10. The highest BCUT2D eigenvalue weighted by atomic mass is 35.5. The van der Waals surface area contributed by atoms with Crippen LogP contribution in [0.15, 0.2) is 41.3 Å². The molecule has 2 aromatic heterocycles. The molecular formula is C17H14ClFN4O2. The van der Waals surface area contributed by atoms with Crippen LogP contribution < -0.4 is 10.9 Å². The molecule has 6 nitrogen and oxygen atoms in total. The number of hydrogen-bond acceptors (Lipinski definition) is 4. The number of benzene rings is 1. The first-order valence-corrected chi connectivity index (χ1v) is 7.96. The van der Waals surface area contributed by atoms with Gasteiger partial charge in [0.2, 0.25) is 0 Å². The minimum atomic E-state index is -0.613. The van der Waals surface area contributed by atoms with Crippen LogP contribution in [0.3, 0.4) is 0 Å². The summed E-state index contributed by atoms with van der Waals surface area (Å²) >= 11 is 5.72. The fourth-order valence-electron chi connectivity index (χ4n) is 2.43. The number of rotatable bonds is 4. The summed E-state index contributed by atoms with van der Waals surface area (Å²) in [6.07, 6.45) is 1.56. The molecule has 0 radical (unpaired) electrons. The third kappa shape index (κ3) is 3.36. The molecule has 2 heterocycles. The summed E-state index contributed by atoms with van der Waals surface area (Å²) in [4.78, 5) is 33.2. The first-order valence-electron chi connectivity index (χ1n) is 7.59. The maximum atomic E-state index is 13.2. The minimum absolute atomic E-state index is 0.0324. The molecule has 0 aliphatic carbocycles. The molecule has 0 atom stereocenters. The van der Waals surface area contributed by atoms with Gasteiger partial charge in [-0.05, 0) is 36.8 Å². The highest BCUT2D eigenvalue weighted by molar-refractivity contribution is 6.30. The number of amides is 1. The Hall–Kier alpha value is -2.80. The van der Waals surface area contributed by atoms with Crippen molar-refractivity contribution in [1.29, 1.82) is 0 Å². The van der Waals surface area contributed by atoms with Crippen molar-refractivity contribution in [3.8, 4) is 0 Å². The van der Waals surface area contributed by atoms with Gasteiger partial charge in [0.25, 0.3) is 11.5 Å². The Bertz CT molecular complexity index is 1020. The number of pyridine rings is 1. The fourth-order valence-corrected chi connectivity index (χ4v) is 2.64. The Morgan fingerprint density at radius 1 is 1.36 bits per heavy atom. The van der Waals surface area contributed by atoms with E-state index in [0.29, 0.717) is 23.3 Å². The molecule has 0 aliphatic rings. The quantitative estimate of drug-likeness (QED) is 0.775. The predicted molar refractivity (Wildman–Crippen MR) is 92.1 cm³/mol. The summed E-state index contributed by atoms with van der Waals surface area (Å²) in [5.41, 5.74) is 0.771. The summed E-state index contributed by atoms with van der Waals surface area (Å²) in [5.74, 6) is -1.15. The summed E-state index contributed by atoms with van der Waals surface area (Å²) in [5, 5.41) is 2.57. The highest BCUT2D eigenvalue weighted by Gasteiger charge is 2.17. The van der Waals surface area contributed by atoms with Crippen molar-refractivity contribution in [2.45, 2.75) is 20.0 Å². The lowest BCUT2D eigenvalue weighted by Crippen LogP contribution is -2.34. The van der Waals surface area contributed by atoms with Gasteiger partial charge in [-0.2, -0.15) is 0 Å². The van der Waals surface area contributed by atoms with Gasteiger partial charge in [0, 0.05) is 19.3 Å². The molecular weight excluding hydrogens is 347 g/mol. The van der Waals surface area contributed by atoms with Crippen LogP contribution in [-0.2, 0) is 13.1 Å². The Morgan fingerprint density at radius 3 is 2.88 bits per heavy atom. The maximum Gasteiger partial charge on any atom is 0.283 e. The number of nitrogens with one attached hydrogen (secondary N) is 1. The molecule has 0 bridgehead atoms. The van der Waals surface area contributed by atoms with E-state index in [4.69, 9.17) is 11.6 Å². The molecule has 0 aliphatic heterocycles. The van der Waals surface area contributed by atoms with Crippen LogP contribution in [0.4, 0.5) is 4.39 Å². The molecule has 0 unspecified atom stereocenters. The topological polar surface area (TPSA) is 76.9 Å². The zero-order valence-electron chi connectivity index (χ0n) is 13.3. The zero-order chi connectivity index (χ0) is 18.0. The molecule has 3 aromatic rings. The number of fused-ring (bicyclic) bond motifs is 1. The monoisotopic (exact) mass is 360 g/mol. The summed E-state index contributed by atoms with van der Waals surface area (Å²) in [6.45, 7) is 2.25. The zero-order valence-corrected chi connectivity index (χ0v) is 14.0. The van der Waals surface area contributed by atoms with E-state index >= 15 is 0 Å². The predicted octanol–water partition coefficient (Wildman–Crippen LogP) is 2.53. The van der Waals surface area contributed by atoms with E-state index in [2.05, 4.69) is 15.3 Å². The molecule has 0 saturated carbocycles. The largest absolute Gasteiger partial charge is 0.346 e. The number of aryl methyl sites for hydroxylation is 1.